The topological polar surface area (TPSA) is 89.2 Å². The molecule has 1 fully saturated rings. The molecule has 1 aromatic rings. The van der Waals surface area contributed by atoms with Crippen molar-refractivity contribution in [2.45, 2.75) is 12.8 Å². The first-order chi connectivity index (χ1) is 9.69. The maximum absolute atomic E-state index is 10.5. The molecule has 2 rings (SSSR count). The second-order valence-electron chi connectivity index (χ2n) is 5.00. The van der Waals surface area contributed by atoms with Crippen LogP contribution in [-0.2, 0) is 4.79 Å². The van der Waals surface area contributed by atoms with Crippen LogP contribution in [0.3, 0.4) is 0 Å². The standard InChI is InChI=1S/C14H18N4O2/c15-6-11-3-4-13(17-8-11)18-5-1-2-12(10-18)7-16-9-14(19)20/h3-4,8,12,16H,1-2,5,7,9-10H2,(H,19,20). The van der Waals surface area contributed by atoms with Crippen LogP contribution < -0.4 is 10.2 Å². The van der Waals surface area contributed by atoms with Crippen LogP contribution in [0.5, 0.6) is 0 Å². The molecule has 0 bridgehead atoms. The van der Waals surface area contributed by atoms with Crippen molar-refractivity contribution in [3.05, 3.63) is 23.9 Å². The summed E-state index contributed by atoms with van der Waals surface area (Å²) in [6.45, 7) is 2.53. The fraction of sp³-hybridized carbons (Fsp3) is 0.500. The maximum Gasteiger partial charge on any atom is 0.317 e. The van der Waals surface area contributed by atoms with Gasteiger partial charge in [-0.05, 0) is 30.9 Å². The molecule has 2 heterocycles. The number of pyridine rings is 1. The molecule has 1 aliphatic heterocycles. The van der Waals surface area contributed by atoms with Gasteiger partial charge in [-0.2, -0.15) is 5.26 Å². The van der Waals surface area contributed by atoms with E-state index in [4.69, 9.17) is 10.4 Å². The summed E-state index contributed by atoms with van der Waals surface area (Å²) >= 11 is 0. The van der Waals surface area contributed by atoms with Gasteiger partial charge in [-0.1, -0.05) is 0 Å². The average molecular weight is 274 g/mol. The van der Waals surface area contributed by atoms with Crippen LogP contribution in [-0.4, -0.2) is 42.2 Å². The van der Waals surface area contributed by atoms with Crippen molar-refractivity contribution < 1.29 is 9.90 Å². The summed E-state index contributed by atoms with van der Waals surface area (Å²) in [4.78, 5) is 17.0. The lowest BCUT2D eigenvalue weighted by Gasteiger charge is -2.33. The van der Waals surface area contributed by atoms with Crippen LogP contribution >= 0.6 is 0 Å². The first-order valence-corrected chi connectivity index (χ1v) is 6.72. The van der Waals surface area contributed by atoms with Crippen molar-refractivity contribution >= 4 is 11.8 Å². The summed E-state index contributed by atoms with van der Waals surface area (Å²) in [5, 5.41) is 20.3. The molecule has 0 amide bonds. The van der Waals surface area contributed by atoms with Gasteiger partial charge in [0.15, 0.2) is 0 Å². The number of carbonyl (C=O) groups is 1. The van der Waals surface area contributed by atoms with Gasteiger partial charge in [0.1, 0.15) is 11.9 Å². The molecule has 2 N–H and O–H groups in total. The predicted octanol–water partition coefficient (Wildman–Crippen LogP) is 0.844. The van der Waals surface area contributed by atoms with Gasteiger partial charge in [-0.15, -0.1) is 0 Å². The van der Waals surface area contributed by atoms with Gasteiger partial charge in [0, 0.05) is 25.8 Å². The summed E-state index contributed by atoms with van der Waals surface area (Å²) in [6, 6.07) is 5.70. The Morgan fingerprint density at radius 1 is 1.60 bits per heavy atom. The molecule has 0 spiro atoms. The minimum Gasteiger partial charge on any atom is -0.480 e. The second-order valence-corrected chi connectivity index (χ2v) is 5.00. The maximum atomic E-state index is 10.5. The van der Waals surface area contributed by atoms with Crippen LogP contribution in [0.2, 0.25) is 0 Å². The third-order valence-corrected chi connectivity index (χ3v) is 3.43. The number of hydrogen-bond acceptors (Lipinski definition) is 5. The Hall–Kier alpha value is -2.13. The van der Waals surface area contributed by atoms with E-state index in [0.29, 0.717) is 18.0 Å². The summed E-state index contributed by atoms with van der Waals surface area (Å²) in [7, 11) is 0. The Morgan fingerprint density at radius 2 is 2.45 bits per heavy atom. The molecule has 0 aliphatic carbocycles. The second kappa shape index (κ2) is 6.87. The van der Waals surface area contributed by atoms with Crippen molar-refractivity contribution in [3.8, 4) is 6.07 Å². The summed E-state index contributed by atoms with van der Waals surface area (Å²) in [5.74, 6) is 0.485. The lowest BCUT2D eigenvalue weighted by Crippen LogP contribution is -2.40. The van der Waals surface area contributed by atoms with Gasteiger partial charge in [0.25, 0.3) is 0 Å². The summed E-state index contributed by atoms with van der Waals surface area (Å²) in [5.41, 5.74) is 0.561. The molecular weight excluding hydrogens is 256 g/mol. The minimum absolute atomic E-state index is 0.00557. The third kappa shape index (κ3) is 3.93. The van der Waals surface area contributed by atoms with Gasteiger partial charge < -0.3 is 15.3 Å². The highest BCUT2D eigenvalue weighted by molar-refractivity contribution is 5.68. The largest absolute Gasteiger partial charge is 0.480 e. The van der Waals surface area contributed by atoms with Gasteiger partial charge >= 0.3 is 5.97 Å². The van der Waals surface area contributed by atoms with E-state index in [1.807, 2.05) is 6.07 Å². The Bertz CT molecular complexity index is 495. The normalized spacial score (nSPS) is 18.6. The molecule has 0 saturated carbocycles. The van der Waals surface area contributed by atoms with E-state index in [0.717, 1.165) is 31.7 Å². The van der Waals surface area contributed by atoms with Crippen LogP contribution in [0.25, 0.3) is 0 Å². The van der Waals surface area contributed by atoms with E-state index in [9.17, 15) is 4.79 Å². The van der Waals surface area contributed by atoms with Crippen molar-refractivity contribution in [1.82, 2.24) is 10.3 Å². The number of nitriles is 1. The molecule has 1 unspecified atom stereocenters. The number of nitrogens with zero attached hydrogens (tertiary/aromatic N) is 3. The summed E-state index contributed by atoms with van der Waals surface area (Å²) < 4.78 is 0. The van der Waals surface area contributed by atoms with E-state index in [-0.39, 0.29) is 6.54 Å². The minimum atomic E-state index is -0.827. The molecule has 1 atom stereocenters. The number of rotatable bonds is 5. The van der Waals surface area contributed by atoms with E-state index in [2.05, 4.69) is 21.3 Å². The number of hydrogen-bond donors (Lipinski definition) is 2. The summed E-state index contributed by atoms with van der Waals surface area (Å²) in [6.07, 6.45) is 3.75. The quantitative estimate of drug-likeness (QED) is 0.827. The highest BCUT2D eigenvalue weighted by Gasteiger charge is 2.20. The number of carboxylic acid groups (broad SMARTS) is 1. The number of aliphatic carboxylic acids is 1. The average Bonchev–Trinajstić information content (AvgIpc) is 2.47. The fourth-order valence-electron chi connectivity index (χ4n) is 2.46. The van der Waals surface area contributed by atoms with Crippen molar-refractivity contribution in [2.24, 2.45) is 5.92 Å². The monoisotopic (exact) mass is 274 g/mol. The van der Waals surface area contributed by atoms with Crippen molar-refractivity contribution in [1.29, 1.82) is 5.26 Å². The highest BCUT2D eigenvalue weighted by Crippen LogP contribution is 2.21. The number of nitrogens with one attached hydrogen (secondary N) is 1. The first kappa shape index (κ1) is 14.3. The Balaban J connectivity index is 1.89. The van der Waals surface area contributed by atoms with Crippen LogP contribution in [0.15, 0.2) is 18.3 Å². The molecule has 1 aliphatic rings. The van der Waals surface area contributed by atoms with Crippen LogP contribution in [0, 0.1) is 17.2 Å². The Labute approximate surface area is 118 Å². The Morgan fingerprint density at radius 3 is 3.10 bits per heavy atom. The lowest BCUT2D eigenvalue weighted by molar-refractivity contribution is -0.136. The zero-order valence-corrected chi connectivity index (χ0v) is 11.2. The molecule has 20 heavy (non-hydrogen) atoms. The number of anilines is 1. The molecule has 106 valence electrons. The lowest BCUT2D eigenvalue weighted by atomic mass is 9.98. The van der Waals surface area contributed by atoms with Crippen molar-refractivity contribution in [3.63, 3.8) is 0 Å². The molecular formula is C14H18N4O2. The molecule has 6 nitrogen and oxygen atoms in total. The van der Waals surface area contributed by atoms with E-state index in [1.165, 1.54) is 0 Å². The smallest absolute Gasteiger partial charge is 0.317 e. The van der Waals surface area contributed by atoms with Crippen LogP contribution in [0.1, 0.15) is 18.4 Å². The van der Waals surface area contributed by atoms with Gasteiger partial charge in [-0.3, -0.25) is 4.79 Å². The van der Waals surface area contributed by atoms with E-state index in [1.54, 1.807) is 12.3 Å². The molecule has 0 radical (unpaired) electrons. The number of aromatic nitrogens is 1. The zero-order valence-electron chi connectivity index (χ0n) is 11.2. The molecule has 6 heteroatoms. The predicted molar refractivity (Wildman–Crippen MR) is 74.4 cm³/mol. The van der Waals surface area contributed by atoms with Crippen LogP contribution in [0.4, 0.5) is 5.82 Å². The van der Waals surface area contributed by atoms with Gasteiger partial charge in [0.05, 0.1) is 12.1 Å². The molecule has 1 aromatic heterocycles. The van der Waals surface area contributed by atoms with Crippen molar-refractivity contribution in [2.75, 3.05) is 31.1 Å². The number of piperidine rings is 1. The zero-order chi connectivity index (χ0) is 14.4. The van der Waals surface area contributed by atoms with E-state index < -0.39 is 5.97 Å². The Kier molecular flexibility index (Phi) is 4.91. The molecule has 1 saturated heterocycles. The number of carboxylic acids is 1. The first-order valence-electron chi connectivity index (χ1n) is 6.72. The molecule has 0 aromatic carbocycles. The highest BCUT2D eigenvalue weighted by atomic mass is 16.4. The SMILES string of the molecule is N#Cc1ccc(N2CCCC(CNCC(=O)O)C2)nc1. The fourth-order valence-corrected chi connectivity index (χ4v) is 2.46. The third-order valence-electron chi connectivity index (χ3n) is 3.43. The van der Waals surface area contributed by atoms with E-state index >= 15 is 0 Å². The van der Waals surface area contributed by atoms with Gasteiger partial charge in [0.2, 0.25) is 0 Å². The van der Waals surface area contributed by atoms with Gasteiger partial charge in [-0.25, -0.2) is 4.98 Å².